The van der Waals surface area contributed by atoms with Crippen molar-refractivity contribution in [3.63, 3.8) is 0 Å². The molecule has 0 radical (unpaired) electrons. The quantitative estimate of drug-likeness (QED) is 0.722. The Hall–Kier alpha value is -2.83. The molecule has 6 nitrogen and oxygen atoms in total. The molecular formula is C24H30N2O4. The van der Waals surface area contributed by atoms with Gasteiger partial charge in [-0.25, -0.2) is 0 Å². The Kier molecular flexibility index (Phi) is 7.88. The second-order valence-electron chi connectivity index (χ2n) is 7.14. The smallest absolute Gasteiger partial charge is 0.251 e. The molecule has 6 heteroatoms. The van der Waals surface area contributed by atoms with E-state index in [1.807, 2.05) is 37.3 Å². The van der Waals surface area contributed by atoms with Crippen molar-refractivity contribution < 1.29 is 19.0 Å². The predicted molar refractivity (Wildman–Crippen MR) is 118 cm³/mol. The molecule has 0 spiro atoms. The summed E-state index contributed by atoms with van der Waals surface area (Å²) >= 11 is 0. The number of methoxy groups -OCH3 is 2. The van der Waals surface area contributed by atoms with Crippen molar-refractivity contribution in [3.05, 3.63) is 64.7 Å². The molecule has 1 fully saturated rings. The Morgan fingerprint density at radius 1 is 1.13 bits per heavy atom. The van der Waals surface area contributed by atoms with E-state index in [0.29, 0.717) is 23.6 Å². The highest BCUT2D eigenvalue weighted by Crippen LogP contribution is 2.33. The molecule has 2 aromatic carbocycles. The van der Waals surface area contributed by atoms with Crippen LogP contribution in [0.3, 0.4) is 0 Å². The molecule has 0 aromatic heterocycles. The number of ether oxygens (including phenoxy) is 3. The van der Waals surface area contributed by atoms with Gasteiger partial charge in [-0.15, -0.1) is 0 Å². The van der Waals surface area contributed by atoms with Crippen LogP contribution >= 0.6 is 0 Å². The highest BCUT2D eigenvalue weighted by molar-refractivity contribution is 5.96. The summed E-state index contributed by atoms with van der Waals surface area (Å²) in [5.41, 5.74) is 3.68. The number of amides is 1. The second kappa shape index (κ2) is 10.8. The maximum atomic E-state index is 12.9. The van der Waals surface area contributed by atoms with Gasteiger partial charge in [0.15, 0.2) is 11.5 Å². The molecule has 3 rings (SSSR count). The lowest BCUT2D eigenvalue weighted by Crippen LogP contribution is -2.36. The SMILES string of the molecule is C/C=C/c1cc(C(=O)NCc2ccccc2CN2CCOCC2)cc(OC)c1OC. The number of nitrogens with one attached hydrogen (secondary N) is 1. The third-order valence-corrected chi connectivity index (χ3v) is 5.17. The molecule has 1 N–H and O–H groups in total. The van der Waals surface area contributed by atoms with E-state index in [-0.39, 0.29) is 5.91 Å². The van der Waals surface area contributed by atoms with E-state index < -0.39 is 0 Å². The van der Waals surface area contributed by atoms with E-state index in [2.05, 4.69) is 22.3 Å². The number of nitrogens with zero attached hydrogens (tertiary/aromatic N) is 1. The Morgan fingerprint density at radius 3 is 2.53 bits per heavy atom. The molecule has 30 heavy (non-hydrogen) atoms. The van der Waals surface area contributed by atoms with Crippen molar-refractivity contribution >= 4 is 12.0 Å². The van der Waals surface area contributed by atoms with E-state index in [1.165, 1.54) is 5.56 Å². The van der Waals surface area contributed by atoms with Gasteiger partial charge in [0.25, 0.3) is 5.91 Å². The summed E-state index contributed by atoms with van der Waals surface area (Å²) in [6.07, 6.45) is 3.80. The number of morpholine rings is 1. The first kappa shape index (κ1) is 21.9. The lowest BCUT2D eigenvalue weighted by molar-refractivity contribution is 0.0340. The van der Waals surface area contributed by atoms with Crippen molar-refractivity contribution in [2.75, 3.05) is 40.5 Å². The molecule has 0 aliphatic carbocycles. The average molecular weight is 411 g/mol. The summed E-state index contributed by atoms with van der Waals surface area (Å²) in [6.45, 7) is 6.65. The minimum absolute atomic E-state index is 0.150. The molecule has 160 valence electrons. The summed E-state index contributed by atoms with van der Waals surface area (Å²) in [7, 11) is 3.16. The maximum Gasteiger partial charge on any atom is 0.251 e. The van der Waals surface area contributed by atoms with Gasteiger partial charge in [0.05, 0.1) is 27.4 Å². The number of rotatable bonds is 8. The zero-order chi connectivity index (χ0) is 21.3. The fraction of sp³-hybridized carbons (Fsp3) is 0.375. The maximum absolute atomic E-state index is 12.9. The largest absolute Gasteiger partial charge is 0.493 e. The van der Waals surface area contributed by atoms with Gasteiger partial charge in [-0.2, -0.15) is 0 Å². The summed E-state index contributed by atoms with van der Waals surface area (Å²) in [4.78, 5) is 15.3. The van der Waals surface area contributed by atoms with Gasteiger partial charge in [0.1, 0.15) is 0 Å². The van der Waals surface area contributed by atoms with Gasteiger partial charge in [-0.05, 0) is 30.2 Å². The fourth-order valence-electron chi connectivity index (χ4n) is 3.59. The Labute approximate surface area is 178 Å². The summed E-state index contributed by atoms with van der Waals surface area (Å²) in [5, 5.41) is 3.05. The number of benzene rings is 2. The third-order valence-electron chi connectivity index (χ3n) is 5.17. The highest BCUT2D eigenvalue weighted by atomic mass is 16.5. The van der Waals surface area contributed by atoms with Crippen LogP contribution in [0.15, 0.2) is 42.5 Å². The van der Waals surface area contributed by atoms with Gasteiger partial charge >= 0.3 is 0 Å². The third kappa shape index (κ3) is 5.40. The Morgan fingerprint density at radius 2 is 1.87 bits per heavy atom. The van der Waals surface area contributed by atoms with Crippen LogP contribution in [0.5, 0.6) is 11.5 Å². The minimum Gasteiger partial charge on any atom is -0.493 e. The first-order valence-corrected chi connectivity index (χ1v) is 10.2. The summed E-state index contributed by atoms with van der Waals surface area (Å²) in [5.74, 6) is 0.997. The molecule has 0 unspecified atom stereocenters. The zero-order valence-corrected chi connectivity index (χ0v) is 17.9. The van der Waals surface area contributed by atoms with Crippen LogP contribution in [0.4, 0.5) is 0 Å². The van der Waals surface area contributed by atoms with Gasteiger partial charge in [0, 0.05) is 37.3 Å². The first-order valence-electron chi connectivity index (χ1n) is 10.2. The molecule has 1 aliphatic heterocycles. The van der Waals surface area contributed by atoms with Crippen LogP contribution < -0.4 is 14.8 Å². The lowest BCUT2D eigenvalue weighted by Gasteiger charge is -2.27. The number of carbonyl (C=O) groups is 1. The van der Waals surface area contributed by atoms with Crippen molar-refractivity contribution in [2.24, 2.45) is 0 Å². The fourth-order valence-corrected chi connectivity index (χ4v) is 3.59. The van der Waals surface area contributed by atoms with Crippen LogP contribution in [0, 0.1) is 0 Å². The van der Waals surface area contributed by atoms with E-state index in [0.717, 1.165) is 44.0 Å². The molecule has 1 saturated heterocycles. The number of carbonyl (C=O) groups excluding carboxylic acids is 1. The van der Waals surface area contributed by atoms with Crippen LogP contribution in [-0.4, -0.2) is 51.3 Å². The molecule has 2 aromatic rings. The molecule has 1 heterocycles. The van der Waals surface area contributed by atoms with E-state index in [9.17, 15) is 4.79 Å². The van der Waals surface area contributed by atoms with E-state index in [4.69, 9.17) is 14.2 Å². The topological polar surface area (TPSA) is 60.0 Å². The normalized spacial score (nSPS) is 14.6. The minimum atomic E-state index is -0.150. The molecule has 0 bridgehead atoms. The van der Waals surface area contributed by atoms with Crippen molar-refractivity contribution in [1.29, 1.82) is 0 Å². The van der Waals surface area contributed by atoms with Crippen LogP contribution in [0.1, 0.15) is 34.0 Å². The monoisotopic (exact) mass is 410 g/mol. The predicted octanol–water partition coefficient (Wildman–Crippen LogP) is 3.50. The van der Waals surface area contributed by atoms with Crippen molar-refractivity contribution in [2.45, 2.75) is 20.0 Å². The van der Waals surface area contributed by atoms with Crippen molar-refractivity contribution in [3.8, 4) is 11.5 Å². The average Bonchev–Trinajstić information content (AvgIpc) is 2.78. The highest BCUT2D eigenvalue weighted by Gasteiger charge is 2.16. The molecule has 0 atom stereocenters. The molecule has 1 amide bonds. The van der Waals surface area contributed by atoms with Gasteiger partial charge in [-0.1, -0.05) is 36.4 Å². The second-order valence-corrected chi connectivity index (χ2v) is 7.14. The van der Waals surface area contributed by atoms with E-state index >= 15 is 0 Å². The standard InChI is InChI=1S/C24H30N2O4/c1-4-7-18-14-21(15-22(28-2)23(18)29-3)24(27)25-16-19-8-5-6-9-20(19)17-26-10-12-30-13-11-26/h4-9,14-15H,10-13,16-17H2,1-3H3,(H,25,27)/b7-4+. The van der Waals surface area contributed by atoms with Crippen LogP contribution in [-0.2, 0) is 17.8 Å². The van der Waals surface area contributed by atoms with Crippen LogP contribution in [0.25, 0.3) is 6.08 Å². The number of allylic oxidation sites excluding steroid dienone is 1. The van der Waals surface area contributed by atoms with Gasteiger partial charge in [-0.3, -0.25) is 9.69 Å². The number of hydrogen-bond donors (Lipinski definition) is 1. The van der Waals surface area contributed by atoms with Crippen molar-refractivity contribution in [1.82, 2.24) is 10.2 Å². The molecular weight excluding hydrogens is 380 g/mol. The first-order chi connectivity index (χ1) is 14.7. The van der Waals surface area contributed by atoms with Crippen LogP contribution in [0.2, 0.25) is 0 Å². The molecule has 0 saturated carbocycles. The zero-order valence-electron chi connectivity index (χ0n) is 17.9. The number of hydrogen-bond acceptors (Lipinski definition) is 5. The Bertz CT molecular complexity index is 889. The van der Waals surface area contributed by atoms with Gasteiger partial charge < -0.3 is 19.5 Å². The summed E-state index contributed by atoms with van der Waals surface area (Å²) in [6, 6.07) is 11.8. The van der Waals surface area contributed by atoms with Gasteiger partial charge in [0.2, 0.25) is 0 Å². The van der Waals surface area contributed by atoms with E-state index in [1.54, 1.807) is 20.3 Å². The Balaban J connectivity index is 1.73. The lowest BCUT2D eigenvalue weighted by atomic mass is 10.1. The summed E-state index contributed by atoms with van der Waals surface area (Å²) < 4.78 is 16.3. The molecule has 1 aliphatic rings.